The van der Waals surface area contributed by atoms with Crippen molar-refractivity contribution >= 4 is 9.93 Å². The molecular weight excluding hydrogens is 136 g/mol. The van der Waals surface area contributed by atoms with Crippen molar-refractivity contribution in [3.05, 3.63) is 12.7 Å². The molecule has 0 fully saturated rings. The first-order chi connectivity index (χ1) is 3.95. The molecule has 0 radical (unpaired) electrons. The van der Waals surface area contributed by atoms with Gasteiger partial charge in [0.15, 0.2) is 0 Å². The molecule has 0 bridgehead atoms. The van der Waals surface area contributed by atoms with Crippen molar-refractivity contribution in [2.75, 3.05) is 18.3 Å². The molecule has 0 aliphatic rings. The van der Waals surface area contributed by atoms with E-state index in [-0.39, 0.29) is 5.75 Å². The molecule has 54 valence electrons. The van der Waals surface area contributed by atoms with Crippen LogP contribution in [0.5, 0.6) is 0 Å². The van der Waals surface area contributed by atoms with Crippen LogP contribution in [0.15, 0.2) is 12.7 Å². The first kappa shape index (κ1) is 8.85. The van der Waals surface area contributed by atoms with Gasteiger partial charge in [0.25, 0.3) is 0 Å². The van der Waals surface area contributed by atoms with Gasteiger partial charge in [0, 0.05) is 0 Å². The summed E-state index contributed by atoms with van der Waals surface area (Å²) in [4.78, 5) is 0. The summed E-state index contributed by atoms with van der Waals surface area (Å²) in [5, 5.41) is 10.6. The third kappa shape index (κ3) is 5.73. The van der Waals surface area contributed by atoms with Gasteiger partial charge in [0.1, 0.15) is 18.3 Å². The largest absolute Gasteiger partial charge is 0.846 e. The zero-order valence-electron chi connectivity index (χ0n) is 5.79. The average Bonchev–Trinajstić information content (AvgIpc) is 1.62. The highest BCUT2D eigenvalue weighted by molar-refractivity contribution is 8.01. The van der Waals surface area contributed by atoms with Crippen molar-refractivity contribution in [3.8, 4) is 0 Å². The highest BCUT2D eigenvalue weighted by atomic mass is 32.2. The highest BCUT2D eigenvalue weighted by Crippen LogP contribution is 1.95. The molecule has 0 N–H and O–H groups in total. The molecule has 0 aromatic heterocycles. The standard InChI is InChI=1S/C6H12O2S/c1-4-6(7)5-9(2,3)8/h4,6H,1,5H2,2-3H3. The lowest BCUT2D eigenvalue weighted by Crippen LogP contribution is -2.32. The molecule has 0 saturated carbocycles. The Morgan fingerprint density at radius 3 is 2.33 bits per heavy atom. The molecule has 3 heteroatoms. The van der Waals surface area contributed by atoms with Crippen LogP contribution in [-0.4, -0.2) is 24.4 Å². The van der Waals surface area contributed by atoms with E-state index in [0.717, 1.165) is 0 Å². The van der Waals surface area contributed by atoms with Crippen molar-refractivity contribution in [1.29, 1.82) is 0 Å². The van der Waals surface area contributed by atoms with Crippen molar-refractivity contribution in [3.63, 3.8) is 0 Å². The fourth-order valence-electron chi connectivity index (χ4n) is 0.464. The third-order valence-electron chi connectivity index (χ3n) is 0.829. The molecule has 2 nitrogen and oxygen atoms in total. The van der Waals surface area contributed by atoms with E-state index in [0.29, 0.717) is 0 Å². The molecule has 1 unspecified atom stereocenters. The van der Waals surface area contributed by atoms with Gasteiger partial charge in [-0.2, -0.15) is 0 Å². The van der Waals surface area contributed by atoms with E-state index in [1.165, 1.54) is 6.08 Å². The minimum absolute atomic E-state index is 0.205. The topological polar surface area (TPSA) is 40.1 Å². The van der Waals surface area contributed by atoms with E-state index in [1.54, 1.807) is 12.5 Å². The lowest BCUT2D eigenvalue weighted by Gasteiger charge is -2.14. The molecule has 0 saturated heterocycles. The fraction of sp³-hybridized carbons (Fsp3) is 0.667. The highest BCUT2D eigenvalue weighted by Gasteiger charge is 2.11. The monoisotopic (exact) mass is 148 g/mol. The Bertz CT molecular complexity index is 136. The van der Waals surface area contributed by atoms with Crippen molar-refractivity contribution in [1.82, 2.24) is 0 Å². The summed E-state index contributed by atoms with van der Waals surface area (Å²) in [6.07, 6.45) is 3.59. The second kappa shape index (κ2) is 3.13. The molecular formula is C6H12O2S. The lowest BCUT2D eigenvalue weighted by molar-refractivity contribution is -0.395. The predicted molar refractivity (Wildman–Crippen MR) is 38.8 cm³/mol. The van der Waals surface area contributed by atoms with E-state index >= 15 is 0 Å². The van der Waals surface area contributed by atoms with Gasteiger partial charge in [0.2, 0.25) is 0 Å². The molecule has 0 amide bonds. The van der Waals surface area contributed by atoms with Crippen LogP contribution in [0, 0.1) is 0 Å². The van der Waals surface area contributed by atoms with Crippen LogP contribution in [0.2, 0.25) is 0 Å². The van der Waals surface area contributed by atoms with Gasteiger partial charge in [0.05, 0.1) is 9.93 Å². The summed E-state index contributed by atoms with van der Waals surface area (Å²) in [5.74, 6) is 0.205. The SMILES string of the molecule is C=CC([O-])C[S+](C)(C)=O. The Labute approximate surface area is 57.0 Å². The van der Waals surface area contributed by atoms with Gasteiger partial charge >= 0.3 is 0 Å². The molecule has 0 aliphatic carbocycles. The second-order valence-corrected chi connectivity index (χ2v) is 5.58. The summed E-state index contributed by atoms with van der Waals surface area (Å²) in [7, 11) is -1.87. The summed E-state index contributed by atoms with van der Waals surface area (Å²) in [6.45, 7) is 3.31. The Balaban J connectivity index is 3.74. The molecule has 0 spiro atoms. The normalized spacial score (nSPS) is 15.0. The zero-order chi connectivity index (χ0) is 7.49. The maximum absolute atomic E-state index is 10.9. The summed E-state index contributed by atoms with van der Waals surface area (Å²) >= 11 is 0. The molecule has 0 rings (SSSR count). The summed E-state index contributed by atoms with van der Waals surface area (Å²) in [6, 6.07) is 0. The lowest BCUT2D eigenvalue weighted by atomic mass is 10.4. The minimum atomic E-state index is -1.87. The van der Waals surface area contributed by atoms with Gasteiger partial charge in [-0.3, -0.25) is 0 Å². The van der Waals surface area contributed by atoms with Crippen LogP contribution in [0.4, 0.5) is 0 Å². The second-order valence-electron chi connectivity index (χ2n) is 2.38. The van der Waals surface area contributed by atoms with E-state index in [4.69, 9.17) is 0 Å². The molecule has 0 aromatic carbocycles. The average molecular weight is 148 g/mol. The quantitative estimate of drug-likeness (QED) is 0.406. The minimum Gasteiger partial charge on any atom is -0.846 e. The van der Waals surface area contributed by atoms with E-state index in [2.05, 4.69) is 6.58 Å². The summed E-state index contributed by atoms with van der Waals surface area (Å²) < 4.78 is 10.9. The van der Waals surface area contributed by atoms with Crippen molar-refractivity contribution in [2.24, 2.45) is 0 Å². The van der Waals surface area contributed by atoms with Gasteiger partial charge in [-0.25, -0.2) is 0 Å². The Morgan fingerprint density at radius 1 is 1.78 bits per heavy atom. The maximum Gasteiger partial charge on any atom is 0.102 e. The van der Waals surface area contributed by atoms with Crippen LogP contribution < -0.4 is 5.11 Å². The smallest absolute Gasteiger partial charge is 0.102 e. The zero-order valence-corrected chi connectivity index (χ0v) is 6.61. The molecule has 1 atom stereocenters. The maximum atomic E-state index is 10.9. The molecule has 0 aliphatic heterocycles. The van der Waals surface area contributed by atoms with Crippen molar-refractivity contribution in [2.45, 2.75) is 6.10 Å². The van der Waals surface area contributed by atoms with E-state index in [1.807, 2.05) is 0 Å². The molecule has 0 heterocycles. The predicted octanol–water partition coefficient (Wildman–Crippen LogP) is -0.340. The van der Waals surface area contributed by atoms with Gasteiger partial charge in [-0.15, -0.1) is 16.9 Å². The third-order valence-corrected chi connectivity index (χ3v) is 1.96. The number of hydrogen-bond acceptors (Lipinski definition) is 2. The fourth-order valence-corrected chi connectivity index (χ4v) is 1.39. The van der Waals surface area contributed by atoms with Crippen LogP contribution in [0.1, 0.15) is 0 Å². The van der Waals surface area contributed by atoms with E-state index in [9.17, 15) is 9.32 Å². The Kier molecular flexibility index (Phi) is 3.08. The van der Waals surface area contributed by atoms with Crippen LogP contribution in [-0.2, 0) is 14.1 Å². The number of rotatable bonds is 3. The van der Waals surface area contributed by atoms with Crippen LogP contribution in [0.3, 0.4) is 0 Å². The number of hydrogen-bond donors (Lipinski definition) is 0. The molecule has 0 aromatic rings. The first-order valence-electron chi connectivity index (χ1n) is 2.66. The van der Waals surface area contributed by atoms with Gasteiger partial charge < -0.3 is 5.11 Å². The first-order valence-corrected chi connectivity index (χ1v) is 5.20. The summed E-state index contributed by atoms with van der Waals surface area (Å²) in [5.41, 5.74) is 0. The van der Waals surface area contributed by atoms with Gasteiger partial charge in [-0.05, 0) is 0 Å². The Morgan fingerprint density at radius 2 is 2.22 bits per heavy atom. The van der Waals surface area contributed by atoms with Crippen molar-refractivity contribution < 1.29 is 9.32 Å². The Hall–Kier alpha value is -0.150. The van der Waals surface area contributed by atoms with Gasteiger partial charge in [-0.1, -0.05) is 6.10 Å². The molecule has 9 heavy (non-hydrogen) atoms. The van der Waals surface area contributed by atoms with E-state index < -0.39 is 16.0 Å². The van der Waals surface area contributed by atoms with Crippen LogP contribution in [0.25, 0.3) is 0 Å². The van der Waals surface area contributed by atoms with Crippen LogP contribution >= 0.6 is 0 Å².